The summed E-state index contributed by atoms with van der Waals surface area (Å²) in [6, 6.07) is 11.0. The van der Waals surface area contributed by atoms with Gasteiger partial charge in [-0.25, -0.2) is 13.2 Å². The molecule has 1 aliphatic heterocycles. The van der Waals surface area contributed by atoms with Gasteiger partial charge in [-0.05, 0) is 48.4 Å². The van der Waals surface area contributed by atoms with E-state index in [-0.39, 0.29) is 73.4 Å². The minimum atomic E-state index is -4.76. The minimum Gasteiger partial charge on any atom is -0.459 e. The molecule has 13 heteroatoms. The molecule has 228 valence electrons. The number of likely N-dealkylation sites (tertiary alicyclic amines) is 1. The summed E-state index contributed by atoms with van der Waals surface area (Å²) < 4.78 is 88.0. The number of halogens is 6. The lowest BCUT2D eigenvalue weighted by molar-refractivity contribution is -0.136. The molecule has 1 saturated heterocycles. The monoisotopic (exact) mass is 606 g/mol. The molecule has 0 bridgehead atoms. The lowest BCUT2D eigenvalue weighted by atomic mass is 10.0. The molecule has 0 radical (unpaired) electrons. The van der Waals surface area contributed by atoms with Crippen LogP contribution < -0.4 is 11.1 Å². The molecule has 1 amide bonds. The first-order chi connectivity index (χ1) is 20.3. The number of aliphatic hydroxyl groups is 1. The number of carbonyl (C=O) groups excluding carboxylic acids is 1. The number of furan rings is 1. The molecule has 1 unspecified atom stereocenters. The van der Waals surface area contributed by atoms with Gasteiger partial charge in [0, 0.05) is 55.1 Å². The lowest BCUT2D eigenvalue weighted by Crippen LogP contribution is -2.41. The second kappa shape index (κ2) is 11.9. The predicted molar refractivity (Wildman–Crippen MR) is 146 cm³/mol. The van der Waals surface area contributed by atoms with Crippen molar-refractivity contribution >= 4 is 22.6 Å². The third-order valence-corrected chi connectivity index (χ3v) is 7.39. The highest BCUT2D eigenvalue weighted by molar-refractivity contribution is 5.87. The van der Waals surface area contributed by atoms with Crippen molar-refractivity contribution in [3.8, 4) is 11.3 Å². The number of nitrogen functional groups attached to an aromatic ring is 1. The maximum atomic E-state index is 14.0. The van der Waals surface area contributed by atoms with E-state index >= 15 is 0 Å². The Hall–Kier alpha value is -4.10. The number of aryl methyl sites for hydroxylation is 1. The van der Waals surface area contributed by atoms with Gasteiger partial charge < -0.3 is 20.6 Å². The summed E-state index contributed by atoms with van der Waals surface area (Å²) in [7, 11) is 0. The zero-order chi connectivity index (χ0) is 30.9. The van der Waals surface area contributed by atoms with E-state index in [0.29, 0.717) is 11.1 Å². The quantitative estimate of drug-likeness (QED) is 0.163. The SMILES string of the molecule is Nc1ccc(CCC(=O)NCc2cc3cc(-c4ccc(C(O)N5CCC(F)(F)CC5)cn4)cc(C(F)(F)F)c3o2)cc1F. The summed E-state index contributed by atoms with van der Waals surface area (Å²) in [5, 5.41) is 13.3. The number of amides is 1. The molecule has 0 aliphatic carbocycles. The molecule has 0 saturated carbocycles. The van der Waals surface area contributed by atoms with Gasteiger partial charge in [0.25, 0.3) is 5.92 Å². The largest absolute Gasteiger partial charge is 0.459 e. The Morgan fingerprint density at radius 1 is 1.12 bits per heavy atom. The number of carbonyl (C=O) groups is 1. The first-order valence-corrected chi connectivity index (χ1v) is 13.5. The fourth-order valence-electron chi connectivity index (χ4n) is 4.95. The van der Waals surface area contributed by atoms with Crippen molar-refractivity contribution in [3.63, 3.8) is 0 Å². The highest BCUT2D eigenvalue weighted by Gasteiger charge is 2.37. The zero-order valence-corrected chi connectivity index (χ0v) is 22.7. The van der Waals surface area contributed by atoms with Crippen LogP contribution in [0, 0.1) is 5.82 Å². The smallest absolute Gasteiger partial charge is 0.420 e. The van der Waals surface area contributed by atoms with Gasteiger partial charge in [-0.15, -0.1) is 0 Å². The number of alkyl halides is 5. The van der Waals surface area contributed by atoms with Crippen LogP contribution in [0.3, 0.4) is 0 Å². The summed E-state index contributed by atoms with van der Waals surface area (Å²) in [6.07, 6.45) is -5.13. The van der Waals surface area contributed by atoms with Gasteiger partial charge in [0.15, 0.2) is 0 Å². The predicted octanol–water partition coefficient (Wildman–Crippen LogP) is 6.21. The first-order valence-electron chi connectivity index (χ1n) is 13.5. The second-order valence-electron chi connectivity index (χ2n) is 10.5. The molecule has 3 heterocycles. The normalized spacial score (nSPS) is 16.3. The van der Waals surface area contributed by atoms with E-state index in [2.05, 4.69) is 10.3 Å². The molecule has 1 atom stereocenters. The second-order valence-corrected chi connectivity index (χ2v) is 10.5. The number of pyridine rings is 1. The van der Waals surface area contributed by atoms with E-state index in [0.717, 1.165) is 6.07 Å². The lowest BCUT2D eigenvalue weighted by Gasteiger charge is -2.34. The van der Waals surface area contributed by atoms with Gasteiger partial charge in [-0.1, -0.05) is 12.1 Å². The molecule has 2 aromatic heterocycles. The van der Waals surface area contributed by atoms with E-state index in [1.165, 1.54) is 47.5 Å². The third-order valence-electron chi connectivity index (χ3n) is 7.39. The van der Waals surface area contributed by atoms with Crippen LogP contribution in [0.2, 0.25) is 0 Å². The Morgan fingerprint density at radius 2 is 1.86 bits per heavy atom. The number of nitrogens with one attached hydrogen (secondary N) is 1. The van der Waals surface area contributed by atoms with Crippen LogP contribution in [0.1, 0.15) is 47.9 Å². The van der Waals surface area contributed by atoms with E-state index < -0.39 is 41.2 Å². The van der Waals surface area contributed by atoms with Crippen LogP contribution in [0.5, 0.6) is 0 Å². The number of rotatable bonds is 8. The molecule has 2 aromatic carbocycles. The average Bonchev–Trinajstić information content (AvgIpc) is 3.38. The van der Waals surface area contributed by atoms with Crippen LogP contribution in [0.4, 0.5) is 32.0 Å². The van der Waals surface area contributed by atoms with Crippen LogP contribution >= 0.6 is 0 Å². The molecule has 1 fully saturated rings. The summed E-state index contributed by atoms with van der Waals surface area (Å²) in [6.45, 7) is -0.176. The number of nitrogens with two attached hydrogens (primary N) is 1. The molecular weight excluding hydrogens is 578 g/mol. The number of aliphatic hydroxyl groups excluding tert-OH is 1. The molecule has 7 nitrogen and oxygen atoms in total. The molecule has 4 aromatic rings. The Balaban J connectivity index is 1.29. The van der Waals surface area contributed by atoms with Gasteiger partial charge >= 0.3 is 6.18 Å². The van der Waals surface area contributed by atoms with Gasteiger partial charge in [-0.3, -0.25) is 14.7 Å². The van der Waals surface area contributed by atoms with Crippen LogP contribution in [0.15, 0.2) is 59.1 Å². The fraction of sp³-hybridized carbons (Fsp3) is 0.333. The van der Waals surface area contributed by atoms with E-state index in [4.69, 9.17) is 10.2 Å². The number of fused-ring (bicyclic) bond motifs is 1. The van der Waals surface area contributed by atoms with Crippen molar-refractivity contribution in [3.05, 3.63) is 83.0 Å². The number of hydrogen-bond donors (Lipinski definition) is 3. The maximum Gasteiger partial charge on any atom is 0.420 e. The minimum absolute atomic E-state index is 0.00400. The number of aromatic nitrogens is 1. The number of benzene rings is 2. The number of nitrogens with zero attached hydrogens (tertiary/aromatic N) is 2. The van der Waals surface area contributed by atoms with E-state index in [1.807, 2.05) is 0 Å². The zero-order valence-electron chi connectivity index (χ0n) is 22.7. The molecular formula is C30H28F6N4O3. The summed E-state index contributed by atoms with van der Waals surface area (Å²) >= 11 is 0. The molecule has 0 spiro atoms. The Labute approximate surface area is 242 Å². The summed E-state index contributed by atoms with van der Waals surface area (Å²) in [5.74, 6) is -3.66. The molecule has 4 N–H and O–H groups in total. The van der Waals surface area contributed by atoms with Crippen molar-refractivity contribution in [2.75, 3.05) is 18.8 Å². The third kappa shape index (κ3) is 7.11. The number of piperidine rings is 1. The standard InChI is InChI=1S/C30H28F6N4O3/c31-23-11-17(1-4-24(23)37)2-6-26(41)39-16-21-13-20-12-19(14-22(27(20)43-21)30(34,35)36)25-5-3-18(15-38-25)28(42)40-9-7-29(32,33)8-10-40/h1,3-5,11-15,28,42H,2,6-10,16,37H2,(H,39,41). The Bertz CT molecular complexity index is 1610. The Morgan fingerprint density at radius 3 is 2.51 bits per heavy atom. The van der Waals surface area contributed by atoms with E-state index in [1.54, 1.807) is 6.07 Å². The van der Waals surface area contributed by atoms with Crippen LogP contribution in [-0.4, -0.2) is 39.9 Å². The van der Waals surface area contributed by atoms with Crippen molar-refractivity contribution in [1.29, 1.82) is 0 Å². The Kier molecular flexibility index (Phi) is 8.39. The maximum absolute atomic E-state index is 14.0. The first kappa shape index (κ1) is 30.4. The van der Waals surface area contributed by atoms with Crippen molar-refractivity contribution in [2.45, 2.75) is 50.6 Å². The molecule has 5 rings (SSSR count). The summed E-state index contributed by atoms with van der Waals surface area (Å²) in [5.41, 5.74) is 5.26. The average molecular weight is 607 g/mol. The summed E-state index contributed by atoms with van der Waals surface area (Å²) in [4.78, 5) is 18.0. The van der Waals surface area contributed by atoms with Gasteiger partial charge in [-0.2, -0.15) is 13.2 Å². The highest BCUT2D eigenvalue weighted by atomic mass is 19.4. The fourth-order valence-corrected chi connectivity index (χ4v) is 4.95. The van der Waals surface area contributed by atoms with Crippen molar-refractivity contribution in [1.82, 2.24) is 15.2 Å². The van der Waals surface area contributed by atoms with E-state index in [9.17, 15) is 36.2 Å². The number of anilines is 1. The van der Waals surface area contributed by atoms with Gasteiger partial charge in [0.05, 0.1) is 23.5 Å². The van der Waals surface area contributed by atoms with Crippen LogP contribution in [-0.2, 0) is 23.9 Å². The van der Waals surface area contributed by atoms with Crippen molar-refractivity contribution < 1.29 is 40.7 Å². The van der Waals surface area contributed by atoms with Gasteiger partial charge in [0.2, 0.25) is 5.91 Å². The molecule has 43 heavy (non-hydrogen) atoms. The van der Waals surface area contributed by atoms with Crippen LogP contribution in [0.25, 0.3) is 22.2 Å². The van der Waals surface area contributed by atoms with Crippen molar-refractivity contribution in [2.24, 2.45) is 0 Å². The van der Waals surface area contributed by atoms with Gasteiger partial charge in [0.1, 0.15) is 23.4 Å². The highest BCUT2D eigenvalue weighted by Crippen LogP contribution is 2.39. The topological polar surface area (TPSA) is 105 Å². The number of hydrogen-bond acceptors (Lipinski definition) is 6. The molecule has 1 aliphatic rings.